The van der Waals surface area contributed by atoms with E-state index >= 15 is 0 Å². The Kier molecular flexibility index (Phi) is 6.62. The number of anilines is 2. The molecule has 0 radical (unpaired) electrons. The van der Waals surface area contributed by atoms with E-state index in [4.69, 9.17) is 4.98 Å². The first kappa shape index (κ1) is 26.0. The molecule has 0 aliphatic carbocycles. The lowest BCUT2D eigenvalue weighted by atomic mass is 9.46. The summed E-state index contributed by atoms with van der Waals surface area (Å²) in [6.45, 7) is 0.0587. The fraction of sp³-hybridized carbons (Fsp3) is 0. The van der Waals surface area contributed by atoms with Gasteiger partial charge in [-0.2, -0.15) is 0 Å². The summed E-state index contributed by atoms with van der Waals surface area (Å²) in [6.07, 6.45) is 0. The van der Waals surface area contributed by atoms with Gasteiger partial charge in [0.1, 0.15) is 0 Å². The van der Waals surface area contributed by atoms with Crippen LogP contribution >= 0.6 is 0 Å². The van der Waals surface area contributed by atoms with Gasteiger partial charge >= 0.3 is 6.85 Å². The van der Waals surface area contributed by atoms with Gasteiger partial charge in [-0.3, -0.25) is 0 Å². The Morgan fingerprint density at radius 3 is 1.57 bits per heavy atom. The molecular formula is C41H29BN2. The summed E-state index contributed by atoms with van der Waals surface area (Å²) >= 11 is 0. The normalized spacial score (nSPS) is 12.0. The van der Waals surface area contributed by atoms with Crippen LogP contribution in [0.5, 0.6) is 0 Å². The van der Waals surface area contributed by atoms with Crippen molar-refractivity contribution in [2.75, 3.05) is 4.81 Å². The summed E-state index contributed by atoms with van der Waals surface area (Å²) in [5.41, 5.74) is 14.0. The average Bonchev–Trinajstić information content (AvgIpc) is 3.12. The Morgan fingerprint density at radius 1 is 0.409 bits per heavy atom. The Balaban J connectivity index is 1.25. The van der Waals surface area contributed by atoms with Crippen molar-refractivity contribution in [2.45, 2.75) is 0 Å². The van der Waals surface area contributed by atoms with Gasteiger partial charge in [-0.25, -0.2) is 4.98 Å². The third kappa shape index (κ3) is 4.69. The molecule has 8 rings (SSSR count). The van der Waals surface area contributed by atoms with Gasteiger partial charge in [0.25, 0.3) is 0 Å². The van der Waals surface area contributed by atoms with Gasteiger partial charge in [0.15, 0.2) is 0 Å². The van der Waals surface area contributed by atoms with Gasteiger partial charge in [0.05, 0.1) is 11.4 Å². The maximum Gasteiger partial charge on any atom is 0.328 e. The van der Waals surface area contributed by atoms with E-state index in [1.165, 1.54) is 27.7 Å². The van der Waals surface area contributed by atoms with Gasteiger partial charge in [0.2, 0.25) is 0 Å². The van der Waals surface area contributed by atoms with Gasteiger partial charge in [-0.05, 0) is 52.5 Å². The minimum atomic E-state index is 0.0587. The highest BCUT2D eigenvalue weighted by Gasteiger charge is 2.36. The van der Waals surface area contributed by atoms with Crippen molar-refractivity contribution < 1.29 is 0 Å². The van der Waals surface area contributed by atoms with Crippen LogP contribution < -0.4 is 15.7 Å². The average molecular weight is 561 g/mol. The molecule has 1 aliphatic rings. The molecule has 206 valence electrons. The monoisotopic (exact) mass is 560 g/mol. The first-order valence-corrected chi connectivity index (χ1v) is 15.1. The largest absolute Gasteiger partial charge is 0.376 e. The number of hydrogen-bond donors (Lipinski definition) is 0. The van der Waals surface area contributed by atoms with E-state index in [1.807, 2.05) is 12.1 Å². The lowest BCUT2D eigenvalue weighted by molar-refractivity contribution is 1.32. The van der Waals surface area contributed by atoms with Crippen LogP contribution in [0.25, 0.3) is 44.8 Å². The second kappa shape index (κ2) is 11.2. The fourth-order valence-corrected chi connectivity index (χ4v) is 6.45. The molecule has 6 aromatic carbocycles. The minimum Gasteiger partial charge on any atom is -0.376 e. The maximum absolute atomic E-state index is 5.07. The number of fused-ring (bicyclic) bond motifs is 3. The number of hydrogen-bond acceptors (Lipinski definition) is 2. The molecule has 3 heteroatoms. The maximum atomic E-state index is 5.07. The number of rotatable bonds is 5. The predicted octanol–water partition coefficient (Wildman–Crippen LogP) is 9.01. The van der Waals surface area contributed by atoms with Gasteiger partial charge in [-0.1, -0.05) is 151 Å². The number of benzene rings is 6. The quantitative estimate of drug-likeness (QED) is 0.195. The first-order chi connectivity index (χ1) is 21.8. The number of nitrogens with zero attached hydrogens (tertiary/aromatic N) is 2. The molecular weight excluding hydrogens is 531 g/mol. The van der Waals surface area contributed by atoms with Crippen LogP contribution in [0.2, 0.25) is 0 Å². The molecule has 0 unspecified atom stereocenters. The highest BCUT2D eigenvalue weighted by Crippen LogP contribution is 2.40. The van der Waals surface area contributed by atoms with Gasteiger partial charge in [0, 0.05) is 28.1 Å². The zero-order valence-corrected chi connectivity index (χ0v) is 24.2. The van der Waals surface area contributed by atoms with E-state index in [0.29, 0.717) is 0 Å². The Morgan fingerprint density at radius 2 is 0.932 bits per heavy atom. The Hall–Kier alpha value is -5.67. The van der Waals surface area contributed by atoms with E-state index in [0.717, 1.165) is 39.3 Å². The lowest BCUT2D eigenvalue weighted by Gasteiger charge is -2.39. The molecule has 44 heavy (non-hydrogen) atoms. The van der Waals surface area contributed by atoms with Crippen LogP contribution in [-0.4, -0.2) is 11.8 Å². The van der Waals surface area contributed by atoms with Gasteiger partial charge in [-0.15, -0.1) is 0 Å². The number of para-hydroxylation sites is 1. The molecule has 1 aromatic heterocycles. The third-order valence-electron chi connectivity index (χ3n) is 8.53. The third-order valence-corrected chi connectivity index (χ3v) is 8.53. The number of pyridine rings is 1. The van der Waals surface area contributed by atoms with Crippen LogP contribution in [0.15, 0.2) is 176 Å². The minimum absolute atomic E-state index is 0.0587. The topological polar surface area (TPSA) is 16.1 Å². The van der Waals surface area contributed by atoms with Crippen molar-refractivity contribution in [1.29, 1.82) is 0 Å². The Bertz CT molecular complexity index is 2000. The zero-order chi connectivity index (χ0) is 29.3. The molecule has 0 fully saturated rings. The molecule has 7 aromatic rings. The smallest absolute Gasteiger partial charge is 0.328 e. The van der Waals surface area contributed by atoms with Crippen LogP contribution in [0.1, 0.15) is 0 Å². The van der Waals surface area contributed by atoms with Crippen molar-refractivity contribution >= 4 is 29.1 Å². The predicted molar refractivity (Wildman–Crippen MR) is 186 cm³/mol. The highest BCUT2D eigenvalue weighted by molar-refractivity contribution is 6.90. The van der Waals surface area contributed by atoms with Crippen molar-refractivity contribution in [2.24, 2.45) is 0 Å². The molecule has 0 saturated carbocycles. The lowest BCUT2D eigenvalue weighted by Crippen LogP contribution is -2.57. The van der Waals surface area contributed by atoms with Crippen molar-refractivity contribution in [3.8, 4) is 44.8 Å². The molecule has 0 spiro atoms. The van der Waals surface area contributed by atoms with E-state index in [-0.39, 0.29) is 6.85 Å². The standard InChI is InChI=1S/C41H29BN2/c1-4-14-31(15-5-1)39-28-33(29-40(43-39)32-16-6-2-7-17-32)30-24-26-35(27-25-30)44-41-23-13-11-21-37(41)36-20-10-12-22-38(36)42(44)34-18-8-3-9-19-34/h1-29H. The molecule has 1 aliphatic heterocycles. The highest BCUT2D eigenvalue weighted by atomic mass is 15.1. The second-order valence-corrected chi connectivity index (χ2v) is 11.2. The van der Waals surface area contributed by atoms with Crippen LogP contribution in [0, 0.1) is 0 Å². The molecule has 0 atom stereocenters. The summed E-state index contributed by atoms with van der Waals surface area (Å²) in [7, 11) is 0. The zero-order valence-electron chi connectivity index (χ0n) is 24.2. The van der Waals surface area contributed by atoms with E-state index < -0.39 is 0 Å². The summed E-state index contributed by atoms with van der Waals surface area (Å²) in [5.74, 6) is 0. The summed E-state index contributed by atoms with van der Waals surface area (Å²) < 4.78 is 0. The Labute approximate surface area is 259 Å². The van der Waals surface area contributed by atoms with Crippen LogP contribution in [-0.2, 0) is 0 Å². The van der Waals surface area contributed by atoms with E-state index in [2.05, 4.69) is 169 Å². The van der Waals surface area contributed by atoms with Crippen LogP contribution in [0.4, 0.5) is 11.4 Å². The van der Waals surface area contributed by atoms with Gasteiger partial charge < -0.3 is 4.81 Å². The molecule has 0 N–H and O–H groups in total. The molecule has 2 heterocycles. The van der Waals surface area contributed by atoms with Crippen molar-refractivity contribution in [1.82, 2.24) is 4.98 Å². The van der Waals surface area contributed by atoms with Crippen molar-refractivity contribution in [3.63, 3.8) is 0 Å². The van der Waals surface area contributed by atoms with Crippen LogP contribution in [0.3, 0.4) is 0 Å². The molecule has 0 amide bonds. The fourth-order valence-electron chi connectivity index (χ4n) is 6.45. The van der Waals surface area contributed by atoms with E-state index in [1.54, 1.807) is 0 Å². The number of aromatic nitrogens is 1. The molecule has 0 saturated heterocycles. The van der Waals surface area contributed by atoms with Crippen molar-refractivity contribution in [3.05, 3.63) is 176 Å². The summed E-state index contributed by atoms with van der Waals surface area (Å²) in [5, 5.41) is 0. The molecule has 2 nitrogen and oxygen atoms in total. The first-order valence-electron chi connectivity index (χ1n) is 15.1. The SMILES string of the molecule is c1ccc(B2c3ccccc3-c3ccccc3N2c2ccc(-c3cc(-c4ccccc4)nc(-c4ccccc4)c3)cc2)cc1. The summed E-state index contributed by atoms with van der Waals surface area (Å²) in [4.78, 5) is 7.57. The second-order valence-electron chi connectivity index (χ2n) is 11.2. The summed E-state index contributed by atoms with van der Waals surface area (Å²) in [6, 6.07) is 62.7. The van der Waals surface area contributed by atoms with E-state index in [9.17, 15) is 0 Å². The molecule has 0 bridgehead atoms.